The second-order valence-corrected chi connectivity index (χ2v) is 6.93. The maximum atomic E-state index is 11.7. The molecule has 1 N–H and O–H groups in total. The highest BCUT2D eigenvalue weighted by Gasteiger charge is 2.15. The van der Waals surface area contributed by atoms with E-state index in [1.807, 2.05) is 76.2 Å². The highest BCUT2D eigenvalue weighted by Crippen LogP contribution is 2.15. The molecule has 0 aliphatic rings. The molecule has 138 valence electrons. The Bertz CT molecular complexity index is 725. The van der Waals surface area contributed by atoms with Crippen molar-refractivity contribution < 1.29 is 14.3 Å². The number of carbonyl (C=O) groups is 1. The summed E-state index contributed by atoms with van der Waals surface area (Å²) in [7, 11) is 0. The first-order valence-electron chi connectivity index (χ1n) is 8.82. The summed E-state index contributed by atoms with van der Waals surface area (Å²) in [6.07, 6.45) is 3.71. The topological polar surface area (TPSA) is 47.6 Å². The van der Waals surface area contributed by atoms with Gasteiger partial charge < -0.3 is 14.8 Å². The Morgan fingerprint density at radius 3 is 2.00 bits per heavy atom. The van der Waals surface area contributed by atoms with Crippen molar-refractivity contribution in [2.45, 2.75) is 39.8 Å². The van der Waals surface area contributed by atoms with E-state index in [0.29, 0.717) is 13.2 Å². The van der Waals surface area contributed by atoms with Crippen LogP contribution >= 0.6 is 0 Å². The molecule has 0 heterocycles. The van der Waals surface area contributed by atoms with Crippen LogP contribution in [0.1, 0.15) is 44.4 Å². The first-order chi connectivity index (χ1) is 12.4. The van der Waals surface area contributed by atoms with E-state index in [9.17, 15) is 4.79 Å². The molecule has 0 atom stereocenters. The Balaban J connectivity index is 1.87. The smallest absolute Gasteiger partial charge is 0.407 e. The fourth-order valence-corrected chi connectivity index (χ4v) is 2.27. The zero-order valence-corrected chi connectivity index (χ0v) is 15.9. The summed E-state index contributed by atoms with van der Waals surface area (Å²) in [5.41, 5.74) is 2.75. The molecule has 2 rings (SSSR count). The molecule has 26 heavy (non-hydrogen) atoms. The lowest BCUT2D eigenvalue weighted by Crippen LogP contribution is -2.32. The van der Waals surface area contributed by atoms with Gasteiger partial charge in [-0.1, -0.05) is 48.6 Å². The number of rotatable bonds is 6. The van der Waals surface area contributed by atoms with Crippen molar-refractivity contribution in [1.29, 1.82) is 0 Å². The lowest BCUT2D eigenvalue weighted by Gasteiger charge is -2.19. The van der Waals surface area contributed by atoms with Crippen LogP contribution < -0.4 is 10.1 Å². The summed E-state index contributed by atoms with van der Waals surface area (Å²) >= 11 is 0. The molecule has 0 saturated heterocycles. The fourth-order valence-electron chi connectivity index (χ4n) is 2.27. The minimum atomic E-state index is -0.487. The van der Waals surface area contributed by atoms with Crippen LogP contribution in [0.4, 0.5) is 4.79 Å². The average molecular weight is 353 g/mol. The third-order valence-electron chi connectivity index (χ3n) is 3.47. The van der Waals surface area contributed by atoms with Crippen LogP contribution in [0.5, 0.6) is 5.75 Å². The molecule has 0 fully saturated rings. The summed E-state index contributed by atoms with van der Waals surface area (Å²) in [5, 5.41) is 2.76. The standard InChI is InChI=1S/C22H27NO3/c1-5-25-20-14-12-18(13-15-20)7-6-17-8-10-19(11-9-17)16-23-21(24)26-22(2,3)4/h6-15H,5,16H2,1-4H3,(H,23,24)/b7-6+. The van der Waals surface area contributed by atoms with Crippen LogP contribution in [-0.2, 0) is 11.3 Å². The lowest BCUT2D eigenvalue weighted by atomic mass is 10.1. The Kier molecular flexibility index (Phi) is 6.84. The predicted molar refractivity (Wildman–Crippen MR) is 106 cm³/mol. The maximum Gasteiger partial charge on any atom is 0.407 e. The van der Waals surface area contributed by atoms with Gasteiger partial charge in [-0.3, -0.25) is 0 Å². The third kappa shape index (κ3) is 7.01. The largest absolute Gasteiger partial charge is 0.494 e. The third-order valence-corrected chi connectivity index (χ3v) is 3.47. The van der Waals surface area contributed by atoms with Crippen molar-refractivity contribution in [3.8, 4) is 5.75 Å². The van der Waals surface area contributed by atoms with Gasteiger partial charge in [-0.25, -0.2) is 4.79 Å². The number of amides is 1. The molecule has 0 bridgehead atoms. The van der Waals surface area contributed by atoms with Gasteiger partial charge in [-0.05, 0) is 56.5 Å². The summed E-state index contributed by atoms with van der Waals surface area (Å²) < 4.78 is 10.7. The molecule has 2 aromatic rings. The van der Waals surface area contributed by atoms with E-state index in [4.69, 9.17) is 9.47 Å². The van der Waals surface area contributed by atoms with E-state index < -0.39 is 11.7 Å². The molecule has 0 spiro atoms. The molecule has 2 aromatic carbocycles. The van der Waals surface area contributed by atoms with Gasteiger partial charge in [0.2, 0.25) is 0 Å². The summed E-state index contributed by atoms with van der Waals surface area (Å²) in [6, 6.07) is 16.0. The molecule has 0 aromatic heterocycles. The van der Waals surface area contributed by atoms with Gasteiger partial charge in [-0.15, -0.1) is 0 Å². The predicted octanol–water partition coefficient (Wildman–Crippen LogP) is 5.28. The van der Waals surface area contributed by atoms with Crippen molar-refractivity contribution in [3.05, 3.63) is 65.2 Å². The minimum Gasteiger partial charge on any atom is -0.494 e. The van der Waals surface area contributed by atoms with Gasteiger partial charge in [-0.2, -0.15) is 0 Å². The van der Waals surface area contributed by atoms with Gasteiger partial charge in [0.05, 0.1) is 6.61 Å². The van der Waals surface area contributed by atoms with Crippen molar-refractivity contribution in [1.82, 2.24) is 5.32 Å². The van der Waals surface area contributed by atoms with Crippen molar-refractivity contribution in [2.24, 2.45) is 0 Å². The molecule has 1 amide bonds. The molecular weight excluding hydrogens is 326 g/mol. The molecule has 0 aliphatic carbocycles. The normalized spacial score (nSPS) is 11.4. The lowest BCUT2D eigenvalue weighted by molar-refractivity contribution is 0.0523. The van der Waals surface area contributed by atoms with Crippen LogP contribution in [0.2, 0.25) is 0 Å². The Morgan fingerprint density at radius 2 is 1.50 bits per heavy atom. The van der Waals surface area contributed by atoms with Crippen LogP contribution in [-0.4, -0.2) is 18.3 Å². The van der Waals surface area contributed by atoms with Crippen LogP contribution in [0, 0.1) is 0 Å². The average Bonchev–Trinajstić information content (AvgIpc) is 2.59. The highest BCUT2D eigenvalue weighted by atomic mass is 16.6. The second-order valence-electron chi connectivity index (χ2n) is 6.93. The molecular formula is C22H27NO3. The van der Waals surface area contributed by atoms with Crippen LogP contribution in [0.25, 0.3) is 12.2 Å². The Hall–Kier alpha value is -2.75. The van der Waals surface area contributed by atoms with E-state index >= 15 is 0 Å². The molecule has 0 aliphatic heterocycles. The van der Waals surface area contributed by atoms with Crippen molar-refractivity contribution in [3.63, 3.8) is 0 Å². The molecule has 4 nitrogen and oxygen atoms in total. The van der Waals surface area contributed by atoms with Crippen LogP contribution in [0.3, 0.4) is 0 Å². The quantitative estimate of drug-likeness (QED) is 0.719. The zero-order chi connectivity index (χ0) is 19.0. The summed E-state index contributed by atoms with van der Waals surface area (Å²) in [4.78, 5) is 11.7. The number of benzene rings is 2. The number of hydrogen-bond acceptors (Lipinski definition) is 3. The van der Waals surface area contributed by atoms with Crippen molar-refractivity contribution in [2.75, 3.05) is 6.61 Å². The van der Waals surface area contributed by atoms with Crippen molar-refractivity contribution >= 4 is 18.2 Å². The summed E-state index contributed by atoms with van der Waals surface area (Å²) in [5.74, 6) is 0.881. The number of nitrogens with one attached hydrogen (secondary N) is 1. The fraction of sp³-hybridized carbons (Fsp3) is 0.318. The molecule has 0 radical (unpaired) electrons. The van der Waals surface area contributed by atoms with E-state index in [1.54, 1.807) is 0 Å². The molecule has 4 heteroatoms. The maximum absolute atomic E-state index is 11.7. The molecule has 0 unspecified atom stereocenters. The van der Waals surface area contributed by atoms with Gasteiger partial charge in [0.15, 0.2) is 0 Å². The first kappa shape index (κ1) is 19.6. The number of carbonyl (C=O) groups excluding carboxylic acids is 1. The molecule has 0 saturated carbocycles. The number of ether oxygens (including phenoxy) is 2. The van der Waals surface area contributed by atoms with Gasteiger partial charge >= 0.3 is 6.09 Å². The van der Waals surface area contributed by atoms with Crippen LogP contribution in [0.15, 0.2) is 48.5 Å². The second kappa shape index (κ2) is 9.09. The van der Waals surface area contributed by atoms with E-state index in [2.05, 4.69) is 17.5 Å². The Labute approximate surface area is 155 Å². The minimum absolute atomic E-state index is 0.406. The zero-order valence-electron chi connectivity index (χ0n) is 15.9. The highest BCUT2D eigenvalue weighted by molar-refractivity contribution is 5.70. The summed E-state index contributed by atoms with van der Waals surface area (Å²) in [6.45, 7) is 8.62. The SMILES string of the molecule is CCOc1ccc(/C=C/c2ccc(CNC(=O)OC(C)(C)C)cc2)cc1. The van der Waals surface area contributed by atoms with Gasteiger partial charge in [0.25, 0.3) is 0 Å². The number of alkyl carbamates (subject to hydrolysis) is 1. The van der Waals surface area contributed by atoms with E-state index in [1.165, 1.54) is 0 Å². The van der Waals surface area contributed by atoms with Gasteiger partial charge in [0, 0.05) is 6.54 Å². The first-order valence-corrected chi connectivity index (χ1v) is 8.82. The van der Waals surface area contributed by atoms with E-state index in [0.717, 1.165) is 22.4 Å². The Morgan fingerprint density at radius 1 is 0.962 bits per heavy atom. The monoisotopic (exact) mass is 353 g/mol. The van der Waals surface area contributed by atoms with Gasteiger partial charge in [0.1, 0.15) is 11.4 Å². The number of hydrogen-bond donors (Lipinski definition) is 1. The van der Waals surface area contributed by atoms with E-state index in [-0.39, 0.29) is 0 Å².